The number of nitrogens with zero attached hydrogens (tertiary/aromatic N) is 1. The number of benzene rings is 1. The van der Waals surface area contributed by atoms with E-state index in [0.29, 0.717) is 17.9 Å². The van der Waals surface area contributed by atoms with Crippen molar-refractivity contribution in [1.29, 1.82) is 0 Å². The van der Waals surface area contributed by atoms with E-state index in [-0.39, 0.29) is 18.4 Å². The van der Waals surface area contributed by atoms with Gasteiger partial charge in [0.2, 0.25) is 11.6 Å². The highest BCUT2D eigenvalue weighted by Crippen LogP contribution is 2.32. The van der Waals surface area contributed by atoms with Crippen molar-refractivity contribution < 1.29 is 19.1 Å². The maximum absolute atomic E-state index is 8.73. The van der Waals surface area contributed by atoms with Gasteiger partial charge in [-0.1, -0.05) is 17.3 Å². The topological polar surface area (TPSA) is 90.2 Å². The number of amidine groups is 1. The third-order valence-electron chi connectivity index (χ3n) is 2.38. The molecule has 0 spiro atoms. The van der Waals surface area contributed by atoms with Gasteiger partial charge in [-0.3, -0.25) is 0 Å². The van der Waals surface area contributed by atoms with Gasteiger partial charge in [0.1, 0.15) is 5.58 Å². The van der Waals surface area contributed by atoms with Crippen LogP contribution in [0, 0.1) is 0 Å². The molecule has 0 amide bonds. The second-order valence-electron chi connectivity index (χ2n) is 3.50. The summed E-state index contributed by atoms with van der Waals surface area (Å²) in [5, 5.41) is 12.4. The molecule has 18 heavy (non-hydrogen) atoms. The minimum atomic E-state index is -0.141. The quantitative estimate of drug-likeness (QED) is 0.211. The van der Waals surface area contributed by atoms with E-state index < -0.39 is 0 Å². The van der Waals surface area contributed by atoms with Gasteiger partial charge in [0.05, 0.1) is 5.39 Å². The molecule has 0 aliphatic heterocycles. The SMILES string of the molecule is CCOCOc1c(/C(N)=N/O)oc2ccccc12. The highest BCUT2D eigenvalue weighted by Gasteiger charge is 2.18. The monoisotopic (exact) mass is 250 g/mol. The second-order valence-corrected chi connectivity index (χ2v) is 3.50. The van der Waals surface area contributed by atoms with Crippen molar-refractivity contribution in [2.24, 2.45) is 10.9 Å². The van der Waals surface area contributed by atoms with E-state index >= 15 is 0 Å². The molecule has 6 heteroatoms. The van der Waals surface area contributed by atoms with E-state index in [2.05, 4.69) is 5.16 Å². The molecule has 0 saturated carbocycles. The molecule has 0 atom stereocenters. The molecular formula is C12H14N2O4. The largest absolute Gasteiger partial charge is 0.463 e. The predicted octanol–water partition coefficient (Wildman–Crippen LogP) is 1.90. The summed E-state index contributed by atoms with van der Waals surface area (Å²) in [6.45, 7) is 2.47. The fraction of sp³-hybridized carbons (Fsp3) is 0.250. The number of ether oxygens (including phenoxy) is 2. The summed E-state index contributed by atoms with van der Waals surface area (Å²) in [7, 11) is 0. The first kappa shape index (κ1) is 12.3. The summed E-state index contributed by atoms with van der Waals surface area (Å²) in [5.41, 5.74) is 6.15. The molecule has 0 fully saturated rings. The lowest BCUT2D eigenvalue weighted by atomic mass is 10.2. The number of hydrogen-bond acceptors (Lipinski definition) is 5. The molecule has 0 bridgehead atoms. The summed E-state index contributed by atoms with van der Waals surface area (Å²) in [5.74, 6) is 0.463. The van der Waals surface area contributed by atoms with Gasteiger partial charge in [-0.05, 0) is 19.1 Å². The number of hydrogen-bond donors (Lipinski definition) is 2. The fourth-order valence-corrected chi connectivity index (χ4v) is 1.56. The Labute approximate surface area is 104 Å². The molecule has 0 aliphatic rings. The van der Waals surface area contributed by atoms with Gasteiger partial charge in [0.15, 0.2) is 12.5 Å². The van der Waals surface area contributed by atoms with Gasteiger partial charge in [-0.15, -0.1) is 0 Å². The van der Waals surface area contributed by atoms with Crippen LogP contribution in [-0.4, -0.2) is 24.4 Å². The third-order valence-corrected chi connectivity index (χ3v) is 2.38. The van der Waals surface area contributed by atoms with Crippen LogP contribution >= 0.6 is 0 Å². The molecule has 0 radical (unpaired) electrons. The highest BCUT2D eigenvalue weighted by atomic mass is 16.7. The summed E-state index contributed by atoms with van der Waals surface area (Å²) in [6.07, 6.45) is 0. The Hall–Kier alpha value is -2.21. The molecule has 1 aromatic carbocycles. The van der Waals surface area contributed by atoms with E-state index in [1.165, 1.54) is 0 Å². The normalized spacial score (nSPS) is 11.9. The molecule has 6 nitrogen and oxygen atoms in total. The van der Waals surface area contributed by atoms with E-state index in [9.17, 15) is 0 Å². The molecule has 1 aromatic heterocycles. The Morgan fingerprint density at radius 1 is 1.44 bits per heavy atom. The zero-order valence-electron chi connectivity index (χ0n) is 9.92. The van der Waals surface area contributed by atoms with E-state index in [1.54, 1.807) is 6.07 Å². The van der Waals surface area contributed by atoms with Crippen LogP contribution in [0.15, 0.2) is 33.8 Å². The zero-order chi connectivity index (χ0) is 13.0. The minimum absolute atomic E-state index is 0.0751. The summed E-state index contributed by atoms with van der Waals surface area (Å²) < 4.78 is 16.1. The van der Waals surface area contributed by atoms with Gasteiger partial charge in [-0.2, -0.15) is 0 Å². The summed E-state index contributed by atoms with van der Waals surface area (Å²) >= 11 is 0. The van der Waals surface area contributed by atoms with Crippen LogP contribution in [-0.2, 0) is 4.74 Å². The van der Waals surface area contributed by atoms with Gasteiger partial charge >= 0.3 is 0 Å². The van der Waals surface area contributed by atoms with Crippen molar-refractivity contribution in [3.05, 3.63) is 30.0 Å². The number of oxime groups is 1. The van der Waals surface area contributed by atoms with Crippen molar-refractivity contribution in [2.75, 3.05) is 13.4 Å². The van der Waals surface area contributed by atoms with Crippen molar-refractivity contribution in [2.45, 2.75) is 6.92 Å². The number of furan rings is 1. The maximum Gasteiger partial charge on any atom is 0.215 e. The summed E-state index contributed by atoms with van der Waals surface area (Å²) in [4.78, 5) is 0. The lowest BCUT2D eigenvalue weighted by Gasteiger charge is -2.05. The Balaban J connectivity index is 2.44. The van der Waals surface area contributed by atoms with Crippen LogP contribution in [0.25, 0.3) is 11.0 Å². The Morgan fingerprint density at radius 3 is 2.94 bits per heavy atom. The standard InChI is InChI=1S/C12H14N2O4/c1-2-16-7-17-10-8-5-3-4-6-9(8)18-11(10)12(13)14-15/h3-6,15H,2,7H2,1H3,(H2,13,14). The van der Waals surface area contributed by atoms with Crippen LogP contribution in [0.4, 0.5) is 0 Å². The smallest absolute Gasteiger partial charge is 0.215 e. The Kier molecular flexibility index (Phi) is 3.69. The van der Waals surface area contributed by atoms with Gasteiger partial charge in [-0.25, -0.2) is 0 Å². The van der Waals surface area contributed by atoms with E-state index in [1.807, 2.05) is 25.1 Å². The summed E-state index contributed by atoms with van der Waals surface area (Å²) in [6, 6.07) is 7.28. The maximum atomic E-state index is 8.73. The average molecular weight is 250 g/mol. The number of fused-ring (bicyclic) bond motifs is 1. The van der Waals surface area contributed by atoms with Crippen molar-refractivity contribution >= 4 is 16.8 Å². The molecule has 0 saturated heterocycles. The number of rotatable bonds is 5. The predicted molar refractivity (Wildman–Crippen MR) is 65.8 cm³/mol. The van der Waals surface area contributed by atoms with E-state index in [0.717, 1.165) is 5.39 Å². The van der Waals surface area contributed by atoms with Crippen LogP contribution in [0.1, 0.15) is 12.7 Å². The minimum Gasteiger partial charge on any atom is -0.463 e. The Morgan fingerprint density at radius 2 is 2.22 bits per heavy atom. The van der Waals surface area contributed by atoms with Gasteiger partial charge in [0.25, 0.3) is 0 Å². The van der Waals surface area contributed by atoms with Crippen LogP contribution in [0.5, 0.6) is 5.75 Å². The lowest BCUT2D eigenvalue weighted by molar-refractivity contribution is 0.0226. The Bertz CT molecular complexity index is 562. The second kappa shape index (κ2) is 5.42. The van der Waals surface area contributed by atoms with Crippen LogP contribution in [0.2, 0.25) is 0 Å². The van der Waals surface area contributed by atoms with Crippen molar-refractivity contribution in [3.63, 3.8) is 0 Å². The molecule has 1 heterocycles. The highest BCUT2D eigenvalue weighted by molar-refractivity contribution is 6.03. The van der Waals surface area contributed by atoms with Crippen LogP contribution in [0.3, 0.4) is 0 Å². The molecule has 2 rings (SSSR count). The molecule has 0 unspecified atom stereocenters. The molecule has 3 N–H and O–H groups in total. The van der Waals surface area contributed by atoms with E-state index in [4.69, 9.17) is 24.8 Å². The lowest BCUT2D eigenvalue weighted by Crippen LogP contribution is -2.14. The van der Waals surface area contributed by atoms with Crippen LogP contribution < -0.4 is 10.5 Å². The molecule has 2 aromatic rings. The average Bonchev–Trinajstić information content (AvgIpc) is 2.77. The van der Waals surface area contributed by atoms with Crippen molar-refractivity contribution in [3.8, 4) is 5.75 Å². The molecular weight excluding hydrogens is 236 g/mol. The third kappa shape index (κ3) is 2.23. The molecule has 96 valence electrons. The first-order chi connectivity index (χ1) is 8.77. The first-order valence-electron chi connectivity index (χ1n) is 5.48. The van der Waals surface area contributed by atoms with Gasteiger partial charge in [0, 0.05) is 6.61 Å². The molecule has 0 aliphatic carbocycles. The number of nitrogens with two attached hydrogens (primary N) is 1. The van der Waals surface area contributed by atoms with Gasteiger partial charge < -0.3 is 24.8 Å². The first-order valence-corrected chi connectivity index (χ1v) is 5.48. The number of para-hydroxylation sites is 1. The fourth-order valence-electron chi connectivity index (χ4n) is 1.56. The zero-order valence-corrected chi connectivity index (χ0v) is 9.92. The van der Waals surface area contributed by atoms with Crippen molar-refractivity contribution in [1.82, 2.24) is 0 Å².